The van der Waals surface area contributed by atoms with E-state index in [1.165, 1.54) is 0 Å². The van der Waals surface area contributed by atoms with Crippen LogP contribution < -0.4 is 10.1 Å². The van der Waals surface area contributed by atoms with Crippen LogP contribution in [0.25, 0.3) is 22.2 Å². The largest absolute Gasteiger partial charge is 0.481 e. The maximum absolute atomic E-state index is 12.6. The van der Waals surface area contributed by atoms with Crippen molar-refractivity contribution in [3.8, 4) is 17.1 Å². The van der Waals surface area contributed by atoms with Gasteiger partial charge in [-0.3, -0.25) is 4.79 Å². The van der Waals surface area contributed by atoms with E-state index in [0.717, 1.165) is 16.3 Å². The van der Waals surface area contributed by atoms with E-state index < -0.39 is 6.10 Å². The van der Waals surface area contributed by atoms with Crippen molar-refractivity contribution in [1.29, 1.82) is 0 Å². The molecule has 1 heterocycles. The van der Waals surface area contributed by atoms with Crippen molar-refractivity contribution in [3.63, 3.8) is 0 Å². The van der Waals surface area contributed by atoms with Gasteiger partial charge >= 0.3 is 0 Å². The Morgan fingerprint density at radius 3 is 2.63 bits per heavy atom. The van der Waals surface area contributed by atoms with Gasteiger partial charge in [0.2, 0.25) is 11.7 Å². The number of nitrogens with one attached hydrogen (secondary N) is 1. The van der Waals surface area contributed by atoms with Crippen LogP contribution in [-0.4, -0.2) is 22.2 Å². The number of fused-ring (bicyclic) bond motifs is 1. The molecule has 0 aliphatic carbocycles. The summed E-state index contributed by atoms with van der Waals surface area (Å²) < 4.78 is 11.1. The predicted octanol–water partition coefficient (Wildman–Crippen LogP) is 5.02. The quantitative estimate of drug-likeness (QED) is 0.453. The molecule has 1 amide bonds. The number of ether oxygens (including phenoxy) is 1. The van der Waals surface area contributed by atoms with E-state index in [9.17, 15) is 4.79 Å². The van der Waals surface area contributed by atoms with E-state index >= 15 is 0 Å². The topological polar surface area (TPSA) is 77.2 Å². The van der Waals surface area contributed by atoms with Crippen LogP contribution in [0.4, 0.5) is 0 Å². The van der Waals surface area contributed by atoms with Gasteiger partial charge in [-0.1, -0.05) is 54.0 Å². The van der Waals surface area contributed by atoms with Crippen LogP contribution in [0.15, 0.2) is 71.3 Å². The van der Waals surface area contributed by atoms with E-state index in [4.69, 9.17) is 20.9 Å². The normalized spacial score (nSPS) is 11.9. The minimum Gasteiger partial charge on any atom is -0.481 e. The number of nitrogens with zero attached hydrogens (tertiary/aromatic N) is 2. The summed E-state index contributed by atoms with van der Waals surface area (Å²) in [6.45, 7) is 2.02. The Kier molecular flexibility index (Phi) is 5.95. The first-order chi connectivity index (χ1) is 14.6. The van der Waals surface area contributed by atoms with Crippen LogP contribution in [0.2, 0.25) is 5.02 Å². The monoisotopic (exact) mass is 421 g/mol. The predicted molar refractivity (Wildman–Crippen MR) is 115 cm³/mol. The molecular weight excluding hydrogens is 402 g/mol. The summed E-state index contributed by atoms with van der Waals surface area (Å²) in [6, 6.07) is 20.9. The molecule has 1 N–H and O–H groups in total. The molecule has 30 heavy (non-hydrogen) atoms. The Labute approximate surface area is 178 Å². The zero-order chi connectivity index (χ0) is 20.9. The lowest BCUT2D eigenvalue weighted by atomic mass is 10.1. The maximum Gasteiger partial charge on any atom is 0.261 e. The van der Waals surface area contributed by atoms with Crippen molar-refractivity contribution < 1.29 is 14.1 Å². The van der Waals surface area contributed by atoms with Gasteiger partial charge in [0.25, 0.3) is 5.91 Å². The minimum absolute atomic E-state index is 0.122. The summed E-state index contributed by atoms with van der Waals surface area (Å²) in [7, 11) is 0. The molecule has 0 fully saturated rings. The Hall–Kier alpha value is -3.38. The van der Waals surface area contributed by atoms with Gasteiger partial charge in [0.1, 0.15) is 5.75 Å². The highest BCUT2D eigenvalue weighted by molar-refractivity contribution is 6.30. The van der Waals surface area contributed by atoms with Gasteiger partial charge in [-0.25, -0.2) is 0 Å². The molecule has 1 unspecified atom stereocenters. The van der Waals surface area contributed by atoms with Crippen molar-refractivity contribution >= 4 is 28.3 Å². The van der Waals surface area contributed by atoms with Crippen LogP contribution in [0.3, 0.4) is 0 Å². The van der Waals surface area contributed by atoms with Gasteiger partial charge in [0, 0.05) is 10.6 Å². The fourth-order valence-electron chi connectivity index (χ4n) is 3.05. The molecule has 0 saturated carbocycles. The molecule has 152 valence electrons. The Bertz CT molecular complexity index is 1160. The van der Waals surface area contributed by atoms with E-state index in [-0.39, 0.29) is 12.5 Å². The second-order valence-electron chi connectivity index (χ2n) is 6.76. The Morgan fingerprint density at radius 2 is 1.87 bits per heavy atom. The molecule has 0 spiro atoms. The van der Waals surface area contributed by atoms with Gasteiger partial charge < -0.3 is 14.6 Å². The van der Waals surface area contributed by atoms with Crippen LogP contribution in [-0.2, 0) is 11.3 Å². The molecule has 7 heteroatoms. The number of aromatic nitrogens is 2. The molecular formula is C23H20ClN3O3. The zero-order valence-corrected chi connectivity index (χ0v) is 17.1. The van der Waals surface area contributed by atoms with Gasteiger partial charge in [-0.15, -0.1) is 0 Å². The van der Waals surface area contributed by atoms with E-state index in [1.807, 2.05) is 49.4 Å². The lowest BCUT2D eigenvalue weighted by molar-refractivity contribution is -0.128. The second-order valence-corrected chi connectivity index (χ2v) is 7.20. The molecule has 3 aromatic carbocycles. The second kappa shape index (κ2) is 8.97. The molecule has 4 aromatic rings. The van der Waals surface area contributed by atoms with E-state index in [2.05, 4.69) is 15.5 Å². The third-order valence-electron chi connectivity index (χ3n) is 4.65. The van der Waals surface area contributed by atoms with Crippen molar-refractivity contribution in [1.82, 2.24) is 15.5 Å². The number of carbonyl (C=O) groups excluding carboxylic acids is 1. The van der Waals surface area contributed by atoms with Gasteiger partial charge in [-0.05, 0) is 53.6 Å². The number of rotatable bonds is 7. The van der Waals surface area contributed by atoms with Gasteiger partial charge in [0.05, 0.1) is 6.54 Å². The molecule has 0 saturated heterocycles. The number of halogens is 1. The van der Waals surface area contributed by atoms with Crippen LogP contribution >= 0.6 is 11.6 Å². The van der Waals surface area contributed by atoms with Crippen LogP contribution in [0.1, 0.15) is 19.2 Å². The van der Waals surface area contributed by atoms with Gasteiger partial charge in [-0.2, -0.15) is 4.98 Å². The highest BCUT2D eigenvalue weighted by Crippen LogP contribution is 2.22. The Balaban J connectivity index is 1.37. The first-order valence-electron chi connectivity index (χ1n) is 9.64. The van der Waals surface area contributed by atoms with E-state index in [1.54, 1.807) is 24.3 Å². The molecule has 0 aliphatic heterocycles. The third kappa shape index (κ3) is 4.60. The van der Waals surface area contributed by atoms with Crippen molar-refractivity contribution in [3.05, 3.63) is 77.6 Å². The summed E-state index contributed by atoms with van der Waals surface area (Å²) in [4.78, 5) is 16.9. The number of benzene rings is 3. The molecule has 0 radical (unpaired) electrons. The first kappa shape index (κ1) is 19.9. The number of amides is 1. The number of hydrogen-bond acceptors (Lipinski definition) is 5. The average molecular weight is 422 g/mol. The minimum atomic E-state index is -0.621. The lowest BCUT2D eigenvalue weighted by Crippen LogP contribution is -2.37. The smallest absolute Gasteiger partial charge is 0.261 e. The summed E-state index contributed by atoms with van der Waals surface area (Å²) in [6.07, 6.45) is -0.0942. The summed E-state index contributed by atoms with van der Waals surface area (Å²) >= 11 is 5.90. The van der Waals surface area contributed by atoms with Crippen molar-refractivity contribution in [2.24, 2.45) is 0 Å². The maximum atomic E-state index is 12.6. The zero-order valence-electron chi connectivity index (χ0n) is 16.3. The third-order valence-corrected chi connectivity index (χ3v) is 4.90. The standard InChI is InChI=1S/C23H20ClN3O3/c1-2-20(29-19-12-9-15-5-3-4-6-17(15)13-19)23(28)25-14-21-26-22(27-30-21)16-7-10-18(24)11-8-16/h3-13,20H,2,14H2,1H3,(H,25,28). The molecule has 6 nitrogen and oxygen atoms in total. The fourth-order valence-corrected chi connectivity index (χ4v) is 3.17. The Morgan fingerprint density at radius 1 is 1.10 bits per heavy atom. The average Bonchev–Trinajstić information content (AvgIpc) is 3.25. The molecule has 1 atom stereocenters. The lowest BCUT2D eigenvalue weighted by Gasteiger charge is -2.17. The summed E-state index contributed by atoms with van der Waals surface area (Å²) in [5.74, 6) is 1.17. The number of carbonyl (C=O) groups is 1. The molecule has 1 aromatic heterocycles. The van der Waals surface area contributed by atoms with E-state index in [0.29, 0.717) is 28.9 Å². The summed E-state index contributed by atoms with van der Waals surface area (Å²) in [5, 5.41) is 9.56. The fraction of sp³-hybridized carbons (Fsp3) is 0.174. The first-order valence-corrected chi connectivity index (χ1v) is 10.0. The van der Waals surface area contributed by atoms with Crippen molar-refractivity contribution in [2.75, 3.05) is 0 Å². The highest BCUT2D eigenvalue weighted by Gasteiger charge is 2.19. The molecule has 4 rings (SSSR count). The van der Waals surface area contributed by atoms with Crippen molar-refractivity contribution in [2.45, 2.75) is 26.0 Å². The SMILES string of the molecule is CCC(Oc1ccc2ccccc2c1)C(=O)NCc1nc(-c2ccc(Cl)cc2)no1. The van der Waals surface area contributed by atoms with Crippen LogP contribution in [0, 0.1) is 0 Å². The van der Waals surface area contributed by atoms with Crippen LogP contribution in [0.5, 0.6) is 5.75 Å². The highest BCUT2D eigenvalue weighted by atomic mass is 35.5. The van der Waals surface area contributed by atoms with Gasteiger partial charge in [0.15, 0.2) is 6.10 Å². The number of hydrogen-bond donors (Lipinski definition) is 1. The molecule has 0 aliphatic rings. The summed E-state index contributed by atoms with van der Waals surface area (Å²) in [5.41, 5.74) is 0.784. The molecule has 0 bridgehead atoms.